The Balaban J connectivity index is 2.58. The van der Waals surface area contributed by atoms with Crippen molar-refractivity contribution in [1.82, 2.24) is 5.32 Å². The predicted octanol–water partition coefficient (Wildman–Crippen LogP) is 2.63. The van der Waals surface area contributed by atoms with Gasteiger partial charge in [0.1, 0.15) is 11.6 Å². The van der Waals surface area contributed by atoms with E-state index in [0.717, 1.165) is 18.2 Å². The van der Waals surface area contributed by atoms with Crippen molar-refractivity contribution in [2.75, 3.05) is 13.1 Å². The molecule has 1 rings (SSSR count). The first-order valence-electron chi connectivity index (χ1n) is 5.63. The van der Waals surface area contributed by atoms with Crippen LogP contribution in [0.1, 0.15) is 32.4 Å². The van der Waals surface area contributed by atoms with Crippen molar-refractivity contribution in [3.8, 4) is 0 Å². The van der Waals surface area contributed by atoms with Gasteiger partial charge in [0.05, 0.1) is 6.10 Å². The summed E-state index contributed by atoms with van der Waals surface area (Å²) < 4.78 is 26.2. The first-order valence-corrected chi connectivity index (χ1v) is 5.63. The average Bonchev–Trinajstić information content (AvgIpc) is 2.19. The summed E-state index contributed by atoms with van der Waals surface area (Å²) in [4.78, 5) is 0. The number of benzene rings is 1. The Morgan fingerprint density at radius 2 is 1.94 bits per heavy atom. The lowest BCUT2D eigenvalue weighted by molar-refractivity contribution is 0.165. The molecule has 0 fully saturated rings. The van der Waals surface area contributed by atoms with E-state index in [4.69, 9.17) is 0 Å². The van der Waals surface area contributed by atoms with Crippen molar-refractivity contribution < 1.29 is 13.9 Å². The number of nitrogens with one attached hydrogen (secondary N) is 1. The molecule has 0 spiro atoms. The maximum Gasteiger partial charge on any atom is 0.129 e. The van der Waals surface area contributed by atoms with Gasteiger partial charge in [0, 0.05) is 18.7 Å². The van der Waals surface area contributed by atoms with Gasteiger partial charge in [0.15, 0.2) is 0 Å². The summed E-state index contributed by atoms with van der Waals surface area (Å²) in [7, 11) is 0. The molecule has 4 heteroatoms. The lowest BCUT2D eigenvalue weighted by Crippen LogP contribution is -2.30. The number of rotatable bonds is 4. The van der Waals surface area contributed by atoms with Gasteiger partial charge >= 0.3 is 0 Å². The Hall–Kier alpha value is -1.00. The summed E-state index contributed by atoms with van der Waals surface area (Å²) in [6.07, 6.45) is -1.03. The highest BCUT2D eigenvalue weighted by Gasteiger charge is 2.15. The maximum absolute atomic E-state index is 13.3. The number of aliphatic hydroxyl groups is 1. The van der Waals surface area contributed by atoms with E-state index >= 15 is 0 Å². The van der Waals surface area contributed by atoms with Crippen LogP contribution in [-0.2, 0) is 0 Å². The van der Waals surface area contributed by atoms with Crippen LogP contribution in [0, 0.1) is 17.0 Å². The average molecular weight is 243 g/mol. The zero-order valence-corrected chi connectivity index (χ0v) is 10.4. The zero-order valence-electron chi connectivity index (χ0n) is 10.4. The topological polar surface area (TPSA) is 32.3 Å². The van der Waals surface area contributed by atoms with Crippen LogP contribution in [0.25, 0.3) is 0 Å². The second-order valence-electron chi connectivity index (χ2n) is 5.37. The molecular formula is C13H19F2NO. The zero-order chi connectivity index (χ0) is 13.1. The third-order valence-electron chi connectivity index (χ3n) is 2.31. The van der Waals surface area contributed by atoms with Crippen molar-refractivity contribution in [3.05, 3.63) is 35.4 Å². The molecule has 0 aliphatic heterocycles. The van der Waals surface area contributed by atoms with Gasteiger partial charge in [-0.05, 0) is 23.6 Å². The normalized spacial score (nSPS) is 13.8. The van der Waals surface area contributed by atoms with Gasteiger partial charge in [0.25, 0.3) is 0 Å². The summed E-state index contributed by atoms with van der Waals surface area (Å²) in [6, 6.07) is 3.09. The van der Waals surface area contributed by atoms with Gasteiger partial charge in [-0.2, -0.15) is 0 Å². The second-order valence-corrected chi connectivity index (χ2v) is 5.37. The minimum absolute atomic E-state index is 0.00795. The van der Waals surface area contributed by atoms with Crippen LogP contribution in [0.4, 0.5) is 8.78 Å². The summed E-state index contributed by atoms with van der Waals surface area (Å²) in [5.41, 5.74) is 0.0756. The molecule has 1 atom stereocenters. The highest BCUT2D eigenvalue weighted by molar-refractivity contribution is 5.21. The molecule has 0 aliphatic carbocycles. The Bertz CT molecular complexity index is 374. The fourth-order valence-corrected chi connectivity index (χ4v) is 1.46. The van der Waals surface area contributed by atoms with Crippen molar-refractivity contribution in [2.45, 2.75) is 26.9 Å². The molecule has 0 saturated carbocycles. The summed E-state index contributed by atoms with van der Waals surface area (Å²) in [6.45, 7) is 7.05. The Morgan fingerprint density at radius 3 is 2.53 bits per heavy atom. The third kappa shape index (κ3) is 4.79. The van der Waals surface area contributed by atoms with Crippen molar-refractivity contribution >= 4 is 0 Å². The highest BCUT2D eigenvalue weighted by atomic mass is 19.1. The van der Waals surface area contributed by atoms with E-state index in [1.54, 1.807) is 0 Å². The molecule has 0 saturated heterocycles. The van der Waals surface area contributed by atoms with E-state index in [1.807, 2.05) is 0 Å². The summed E-state index contributed by atoms with van der Waals surface area (Å²) in [5.74, 6) is -1.13. The van der Waals surface area contributed by atoms with Gasteiger partial charge in [-0.1, -0.05) is 20.8 Å². The third-order valence-corrected chi connectivity index (χ3v) is 2.31. The van der Waals surface area contributed by atoms with Gasteiger partial charge in [0.2, 0.25) is 0 Å². The molecule has 17 heavy (non-hydrogen) atoms. The first kappa shape index (κ1) is 14.1. The molecule has 1 aromatic rings. The summed E-state index contributed by atoms with van der Waals surface area (Å²) in [5, 5.41) is 12.8. The molecule has 96 valence electrons. The largest absolute Gasteiger partial charge is 0.387 e. The molecule has 0 bridgehead atoms. The fraction of sp³-hybridized carbons (Fsp3) is 0.538. The second kappa shape index (κ2) is 5.56. The minimum atomic E-state index is -1.03. The number of aliphatic hydroxyl groups excluding tert-OH is 1. The van der Waals surface area contributed by atoms with Crippen LogP contribution in [0.5, 0.6) is 0 Å². The Labute approximate surface area is 101 Å². The first-order chi connectivity index (χ1) is 7.79. The van der Waals surface area contributed by atoms with Crippen molar-refractivity contribution in [2.24, 2.45) is 5.41 Å². The van der Waals surface area contributed by atoms with E-state index in [9.17, 15) is 13.9 Å². The molecule has 0 heterocycles. The van der Waals surface area contributed by atoms with Gasteiger partial charge in [-0.25, -0.2) is 8.78 Å². The molecule has 2 nitrogen and oxygen atoms in total. The smallest absolute Gasteiger partial charge is 0.129 e. The molecule has 0 aliphatic rings. The van der Waals surface area contributed by atoms with Crippen LogP contribution in [0.3, 0.4) is 0 Å². The van der Waals surface area contributed by atoms with E-state index in [2.05, 4.69) is 26.1 Å². The number of hydrogen-bond acceptors (Lipinski definition) is 2. The molecule has 2 N–H and O–H groups in total. The van der Waals surface area contributed by atoms with Crippen LogP contribution < -0.4 is 5.32 Å². The quantitative estimate of drug-likeness (QED) is 0.852. The van der Waals surface area contributed by atoms with Crippen LogP contribution in [0.15, 0.2) is 18.2 Å². The minimum Gasteiger partial charge on any atom is -0.387 e. The lowest BCUT2D eigenvalue weighted by Gasteiger charge is -2.20. The monoisotopic (exact) mass is 243 g/mol. The molecule has 0 aromatic heterocycles. The molecule has 1 unspecified atom stereocenters. The fourth-order valence-electron chi connectivity index (χ4n) is 1.46. The number of hydrogen-bond donors (Lipinski definition) is 2. The van der Waals surface area contributed by atoms with Crippen LogP contribution >= 0.6 is 0 Å². The van der Waals surface area contributed by atoms with Gasteiger partial charge < -0.3 is 10.4 Å². The van der Waals surface area contributed by atoms with E-state index < -0.39 is 17.7 Å². The van der Waals surface area contributed by atoms with Crippen molar-refractivity contribution in [1.29, 1.82) is 0 Å². The van der Waals surface area contributed by atoms with Gasteiger partial charge in [-0.15, -0.1) is 0 Å². The summed E-state index contributed by atoms with van der Waals surface area (Å²) >= 11 is 0. The van der Waals surface area contributed by atoms with Crippen LogP contribution in [0.2, 0.25) is 0 Å². The molecule has 0 radical (unpaired) electrons. The maximum atomic E-state index is 13.3. The molecule has 0 amide bonds. The van der Waals surface area contributed by atoms with Crippen molar-refractivity contribution in [3.63, 3.8) is 0 Å². The predicted molar refractivity (Wildman–Crippen MR) is 63.6 cm³/mol. The van der Waals surface area contributed by atoms with E-state index in [-0.39, 0.29) is 17.5 Å². The Kier molecular flexibility index (Phi) is 4.60. The van der Waals surface area contributed by atoms with E-state index in [1.165, 1.54) is 0 Å². The van der Waals surface area contributed by atoms with Crippen LogP contribution in [-0.4, -0.2) is 18.2 Å². The molecular weight excluding hydrogens is 224 g/mol. The molecule has 1 aromatic carbocycles. The lowest BCUT2D eigenvalue weighted by atomic mass is 9.97. The highest BCUT2D eigenvalue weighted by Crippen LogP contribution is 2.18. The SMILES string of the molecule is CC(C)(C)CNCC(O)c1cc(F)ccc1F. The number of halogens is 2. The Morgan fingerprint density at radius 1 is 1.29 bits per heavy atom. The van der Waals surface area contributed by atoms with E-state index in [0.29, 0.717) is 6.54 Å². The van der Waals surface area contributed by atoms with Gasteiger partial charge in [-0.3, -0.25) is 0 Å². The standard InChI is InChI=1S/C13H19F2NO/c1-13(2,3)8-16-7-12(17)10-6-9(14)4-5-11(10)15/h4-6,12,16-17H,7-8H2,1-3H3.